The number of carbonyl (C=O) groups excluding carboxylic acids is 2. The number of esters is 2. The molecule has 0 amide bonds. The van der Waals surface area contributed by atoms with Crippen LogP contribution in [0.1, 0.15) is 72.1 Å². The zero-order chi connectivity index (χ0) is 20.5. The van der Waals surface area contributed by atoms with E-state index in [0.29, 0.717) is 24.2 Å². The highest BCUT2D eigenvalue weighted by Crippen LogP contribution is 2.61. The summed E-state index contributed by atoms with van der Waals surface area (Å²) in [4.78, 5) is 22.7. The van der Waals surface area contributed by atoms with E-state index >= 15 is 0 Å². The van der Waals surface area contributed by atoms with Crippen molar-refractivity contribution in [1.82, 2.24) is 0 Å². The minimum Gasteiger partial charge on any atom is -0.463 e. The summed E-state index contributed by atoms with van der Waals surface area (Å²) in [5, 5.41) is 9.43. The van der Waals surface area contributed by atoms with Crippen LogP contribution in [0.25, 0.3) is 0 Å². The molecule has 5 nitrogen and oxygen atoms in total. The SMILES string of the molecule is C=C1CCC2C(CCC3CC(OC(C)=O)CCC32C)C1CC(C#N)OC(C)=O. The molecule has 0 spiro atoms. The molecule has 0 N–H and O–H groups in total. The molecule has 0 saturated heterocycles. The summed E-state index contributed by atoms with van der Waals surface area (Å²) < 4.78 is 10.7. The number of carbonyl (C=O) groups is 2. The van der Waals surface area contributed by atoms with Gasteiger partial charge >= 0.3 is 11.9 Å². The first-order valence-electron chi connectivity index (χ1n) is 10.7. The molecule has 3 aliphatic carbocycles. The lowest BCUT2D eigenvalue weighted by molar-refractivity contribution is -0.156. The molecule has 3 fully saturated rings. The smallest absolute Gasteiger partial charge is 0.303 e. The van der Waals surface area contributed by atoms with Crippen LogP contribution in [0.2, 0.25) is 0 Å². The van der Waals surface area contributed by atoms with Crippen molar-refractivity contribution in [3.8, 4) is 6.07 Å². The Kier molecular flexibility index (Phi) is 6.17. The van der Waals surface area contributed by atoms with Crippen molar-refractivity contribution >= 4 is 11.9 Å². The summed E-state index contributed by atoms with van der Waals surface area (Å²) in [6.07, 6.45) is 7.31. The first-order chi connectivity index (χ1) is 13.2. The fourth-order valence-corrected chi connectivity index (χ4v) is 6.50. The van der Waals surface area contributed by atoms with E-state index < -0.39 is 12.1 Å². The van der Waals surface area contributed by atoms with Crippen LogP contribution in [-0.4, -0.2) is 24.1 Å². The molecular weight excluding hydrogens is 354 g/mol. The zero-order valence-electron chi connectivity index (χ0n) is 17.4. The minimum absolute atomic E-state index is 0.0633. The van der Waals surface area contributed by atoms with Crippen molar-refractivity contribution in [3.05, 3.63) is 12.2 Å². The fraction of sp³-hybridized carbons (Fsp3) is 0.783. The molecule has 3 saturated carbocycles. The van der Waals surface area contributed by atoms with Gasteiger partial charge in [-0.2, -0.15) is 5.26 Å². The van der Waals surface area contributed by atoms with Crippen LogP contribution in [0.15, 0.2) is 12.2 Å². The number of rotatable bonds is 4. The number of nitriles is 1. The highest BCUT2D eigenvalue weighted by molar-refractivity contribution is 5.66. The van der Waals surface area contributed by atoms with Gasteiger partial charge in [0.05, 0.1) is 0 Å². The molecule has 0 heterocycles. The zero-order valence-corrected chi connectivity index (χ0v) is 17.4. The molecule has 3 aliphatic rings. The molecule has 0 aromatic carbocycles. The van der Waals surface area contributed by atoms with E-state index in [-0.39, 0.29) is 23.4 Å². The maximum atomic E-state index is 11.4. The van der Waals surface area contributed by atoms with Gasteiger partial charge in [-0.05, 0) is 74.0 Å². The molecule has 28 heavy (non-hydrogen) atoms. The van der Waals surface area contributed by atoms with Crippen LogP contribution < -0.4 is 0 Å². The summed E-state index contributed by atoms with van der Waals surface area (Å²) in [7, 11) is 0. The van der Waals surface area contributed by atoms with Gasteiger partial charge in [0.2, 0.25) is 0 Å². The quantitative estimate of drug-likeness (QED) is 0.522. The predicted octanol–water partition coefficient (Wildman–Crippen LogP) is 4.56. The first-order valence-corrected chi connectivity index (χ1v) is 10.7. The topological polar surface area (TPSA) is 76.4 Å². The number of fused-ring (bicyclic) bond motifs is 3. The summed E-state index contributed by atoms with van der Waals surface area (Å²) in [6, 6.07) is 2.15. The molecular formula is C23H33NO4. The summed E-state index contributed by atoms with van der Waals surface area (Å²) in [5.41, 5.74) is 1.46. The number of allylic oxidation sites excluding steroid dienone is 1. The Balaban J connectivity index is 1.75. The van der Waals surface area contributed by atoms with Crippen molar-refractivity contribution in [2.24, 2.45) is 29.1 Å². The van der Waals surface area contributed by atoms with E-state index in [9.17, 15) is 14.9 Å². The minimum atomic E-state index is -0.691. The van der Waals surface area contributed by atoms with Crippen molar-refractivity contribution in [3.63, 3.8) is 0 Å². The van der Waals surface area contributed by atoms with Gasteiger partial charge < -0.3 is 9.47 Å². The number of hydrogen-bond donors (Lipinski definition) is 0. The van der Waals surface area contributed by atoms with Gasteiger partial charge in [-0.15, -0.1) is 0 Å². The lowest BCUT2D eigenvalue weighted by Gasteiger charge is -2.58. The summed E-state index contributed by atoms with van der Waals surface area (Å²) in [5.74, 6) is 1.34. The van der Waals surface area contributed by atoms with E-state index in [0.717, 1.165) is 44.9 Å². The number of nitrogens with zero attached hydrogens (tertiary/aromatic N) is 1. The Morgan fingerprint density at radius 2 is 2.00 bits per heavy atom. The second-order valence-electron chi connectivity index (χ2n) is 9.32. The first kappa shape index (κ1) is 20.9. The van der Waals surface area contributed by atoms with Crippen LogP contribution in [-0.2, 0) is 19.1 Å². The molecule has 7 atom stereocenters. The second kappa shape index (κ2) is 8.27. The molecule has 0 bridgehead atoms. The van der Waals surface area contributed by atoms with E-state index in [1.807, 2.05) is 0 Å². The lowest BCUT2D eigenvalue weighted by Crippen LogP contribution is -2.51. The summed E-state index contributed by atoms with van der Waals surface area (Å²) >= 11 is 0. The van der Waals surface area contributed by atoms with Crippen LogP contribution in [0, 0.1) is 40.4 Å². The average molecular weight is 388 g/mol. The van der Waals surface area contributed by atoms with E-state index in [4.69, 9.17) is 9.47 Å². The van der Waals surface area contributed by atoms with Crippen LogP contribution >= 0.6 is 0 Å². The van der Waals surface area contributed by atoms with Crippen LogP contribution in [0.4, 0.5) is 0 Å². The fourth-order valence-electron chi connectivity index (χ4n) is 6.50. The third-order valence-electron chi connectivity index (χ3n) is 7.77. The van der Waals surface area contributed by atoms with Crippen LogP contribution in [0.3, 0.4) is 0 Å². The maximum Gasteiger partial charge on any atom is 0.303 e. The average Bonchev–Trinajstić information content (AvgIpc) is 2.62. The largest absolute Gasteiger partial charge is 0.463 e. The summed E-state index contributed by atoms with van der Waals surface area (Å²) in [6.45, 7) is 9.60. The third kappa shape index (κ3) is 4.11. The van der Waals surface area contributed by atoms with Crippen molar-refractivity contribution in [2.45, 2.75) is 84.3 Å². The van der Waals surface area contributed by atoms with Gasteiger partial charge in [0.25, 0.3) is 0 Å². The Bertz CT molecular complexity index is 681. The molecule has 5 heteroatoms. The standard InChI is InChI=1S/C23H33NO4/c1-14-5-8-22-20(21(14)12-19(13-24)28-16(3)26)7-6-17-11-18(27-15(2)25)9-10-23(17,22)4/h17-22H,1,5-12H2,2-4H3. The monoisotopic (exact) mass is 387 g/mol. The van der Waals surface area contributed by atoms with E-state index in [2.05, 4.69) is 19.6 Å². The Morgan fingerprint density at radius 1 is 1.25 bits per heavy atom. The molecule has 7 unspecified atom stereocenters. The lowest BCUT2D eigenvalue weighted by atomic mass is 9.47. The normalized spacial score (nSPS) is 38.4. The van der Waals surface area contributed by atoms with Gasteiger partial charge in [-0.25, -0.2) is 0 Å². The number of ether oxygens (including phenoxy) is 2. The van der Waals surface area contributed by atoms with Crippen molar-refractivity contribution < 1.29 is 19.1 Å². The molecule has 3 rings (SSSR count). The van der Waals surface area contributed by atoms with Gasteiger partial charge in [-0.1, -0.05) is 19.1 Å². The predicted molar refractivity (Wildman–Crippen MR) is 105 cm³/mol. The highest BCUT2D eigenvalue weighted by Gasteiger charge is 2.54. The highest BCUT2D eigenvalue weighted by atomic mass is 16.5. The van der Waals surface area contributed by atoms with Gasteiger partial charge in [0.15, 0.2) is 6.10 Å². The molecule has 0 aliphatic heterocycles. The van der Waals surface area contributed by atoms with E-state index in [1.165, 1.54) is 19.4 Å². The number of hydrogen-bond acceptors (Lipinski definition) is 5. The molecule has 0 radical (unpaired) electrons. The molecule has 0 aromatic heterocycles. The Hall–Kier alpha value is -1.83. The Labute approximate surface area is 168 Å². The maximum absolute atomic E-state index is 11.4. The molecule has 0 aromatic rings. The van der Waals surface area contributed by atoms with Crippen LogP contribution in [0.5, 0.6) is 0 Å². The van der Waals surface area contributed by atoms with Crippen molar-refractivity contribution in [1.29, 1.82) is 5.26 Å². The van der Waals surface area contributed by atoms with E-state index in [1.54, 1.807) is 0 Å². The van der Waals surface area contributed by atoms with Crippen molar-refractivity contribution in [2.75, 3.05) is 0 Å². The van der Waals surface area contributed by atoms with Gasteiger partial charge in [0, 0.05) is 20.3 Å². The molecule has 154 valence electrons. The van der Waals surface area contributed by atoms with Gasteiger partial charge in [-0.3, -0.25) is 9.59 Å². The Morgan fingerprint density at radius 3 is 2.64 bits per heavy atom. The van der Waals surface area contributed by atoms with Gasteiger partial charge in [0.1, 0.15) is 12.2 Å². The third-order valence-corrected chi connectivity index (χ3v) is 7.77. The second-order valence-corrected chi connectivity index (χ2v) is 9.32.